The van der Waals surface area contributed by atoms with Crippen molar-refractivity contribution in [1.82, 2.24) is 10.2 Å². The molecule has 0 unspecified atom stereocenters. The fraction of sp³-hybridized carbons (Fsp3) is 0.375. The maximum absolute atomic E-state index is 14.2. The number of aryl methyl sites for hydroxylation is 2. The van der Waals surface area contributed by atoms with E-state index in [2.05, 4.69) is 5.32 Å². The number of benzene rings is 3. The van der Waals surface area contributed by atoms with Gasteiger partial charge in [0.25, 0.3) is 10.0 Å². The van der Waals surface area contributed by atoms with Crippen LogP contribution in [0.4, 0.5) is 5.69 Å². The number of amides is 2. The molecule has 0 radical (unpaired) electrons. The highest BCUT2D eigenvalue weighted by molar-refractivity contribution is 7.92. The largest absolute Gasteiger partial charge is 0.495 e. The number of anilines is 1. The van der Waals surface area contributed by atoms with Crippen molar-refractivity contribution in [3.05, 3.63) is 87.4 Å². The van der Waals surface area contributed by atoms with Gasteiger partial charge in [-0.05, 0) is 81.1 Å². The predicted octanol–water partition coefficient (Wildman–Crippen LogP) is 6.29. The fourth-order valence-corrected chi connectivity index (χ4v) is 6.89. The molecule has 11 heteroatoms. The number of nitrogens with zero attached hydrogens (tertiary/aromatic N) is 2. The van der Waals surface area contributed by atoms with Crippen molar-refractivity contribution in [3.63, 3.8) is 0 Å². The van der Waals surface area contributed by atoms with Gasteiger partial charge in [0.1, 0.15) is 18.3 Å². The molecule has 230 valence electrons. The molecule has 8 nitrogen and oxygen atoms in total. The van der Waals surface area contributed by atoms with E-state index in [1.807, 2.05) is 13.8 Å². The quantitative estimate of drug-likeness (QED) is 0.264. The summed E-state index contributed by atoms with van der Waals surface area (Å²) in [6.07, 6.45) is 3.84. The number of methoxy groups -OCH3 is 1. The van der Waals surface area contributed by atoms with Crippen LogP contribution in [0, 0.1) is 13.8 Å². The zero-order chi connectivity index (χ0) is 31.3. The number of ether oxygens (including phenoxy) is 1. The van der Waals surface area contributed by atoms with Crippen LogP contribution >= 0.6 is 23.2 Å². The van der Waals surface area contributed by atoms with Crippen LogP contribution < -0.4 is 14.4 Å². The molecule has 1 saturated carbocycles. The summed E-state index contributed by atoms with van der Waals surface area (Å²) in [5.74, 6) is -0.585. The first-order valence-corrected chi connectivity index (χ1v) is 16.4. The number of rotatable bonds is 11. The van der Waals surface area contributed by atoms with Crippen LogP contribution in [0.25, 0.3) is 0 Å². The van der Waals surface area contributed by atoms with Gasteiger partial charge in [-0.3, -0.25) is 13.9 Å². The molecule has 4 rings (SSSR count). The molecule has 1 atom stereocenters. The Morgan fingerprint density at radius 2 is 1.60 bits per heavy atom. The molecule has 0 saturated heterocycles. The van der Waals surface area contributed by atoms with Crippen molar-refractivity contribution >= 4 is 50.7 Å². The molecule has 43 heavy (non-hydrogen) atoms. The Hall–Kier alpha value is -3.27. The topological polar surface area (TPSA) is 96.0 Å². The molecule has 1 aliphatic carbocycles. The molecule has 3 aromatic rings. The Kier molecular flexibility index (Phi) is 10.6. The maximum atomic E-state index is 14.2. The van der Waals surface area contributed by atoms with Gasteiger partial charge in [-0.15, -0.1) is 0 Å². The summed E-state index contributed by atoms with van der Waals surface area (Å²) in [6, 6.07) is 15.7. The van der Waals surface area contributed by atoms with E-state index in [-0.39, 0.29) is 34.8 Å². The average molecular weight is 647 g/mol. The fourth-order valence-electron chi connectivity index (χ4n) is 5.15. The highest BCUT2D eigenvalue weighted by atomic mass is 35.5. The Labute approximate surface area is 264 Å². The van der Waals surface area contributed by atoms with Crippen LogP contribution in [0.5, 0.6) is 5.75 Å². The lowest BCUT2D eigenvalue weighted by Gasteiger charge is -2.33. The van der Waals surface area contributed by atoms with Gasteiger partial charge in [0.15, 0.2) is 0 Å². The highest BCUT2D eigenvalue weighted by Crippen LogP contribution is 2.34. The monoisotopic (exact) mass is 645 g/mol. The van der Waals surface area contributed by atoms with E-state index >= 15 is 0 Å². The molecule has 0 bridgehead atoms. The molecule has 0 aromatic heterocycles. The minimum atomic E-state index is -4.23. The third-order valence-corrected chi connectivity index (χ3v) is 10.2. The molecular weight excluding hydrogens is 609 g/mol. The molecule has 3 aromatic carbocycles. The van der Waals surface area contributed by atoms with Crippen molar-refractivity contribution in [1.29, 1.82) is 0 Å². The Morgan fingerprint density at radius 1 is 0.953 bits per heavy atom. The van der Waals surface area contributed by atoms with Gasteiger partial charge < -0.3 is 15.0 Å². The summed E-state index contributed by atoms with van der Waals surface area (Å²) in [7, 11) is -2.79. The smallest absolute Gasteiger partial charge is 0.264 e. The summed E-state index contributed by atoms with van der Waals surface area (Å²) in [5.41, 5.74) is 2.53. The van der Waals surface area contributed by atoms with E-state index in [4.69, 9.17) is 27.9 Å². The normalized spacial score (nSPS) is 14.3. The second kappa shape index (κ2) is 14.0. The number of sulfonamides is 1. The minimum Gasteiger partial charge on any atom is -0.495 e. The van der Waals surface area contributed by atoms with Crippen LogP contribution in [-0.2, 0) is 26.2 Å². The van der Waals surface area contributed by atoms with Crippen LogP contribution in [0.15, 0.2) is 65.6 Å². The van der Waals surface area contributed by atoms with Crippen molar-refractivity contribution in [2.75, 3.05) is 18.0 Å². The summed E-state index contributed by atoms with van der Waals surface area (Å²) in [4.78, 5) is 29.0. The number of carbonyl (C=O) groups excluding carboxylic acids is 2. The van der Waals surface area contributed by atoms with E-state index in [1.54, 1.807) is 55.5 Å². The van der Waals surface area contributed by atoms with Crippen LogP contribution in [0.2, 0.25) is 10.0 Å². The summed E-state index contributed by atoms with van der Waals surface area (Å²) >= 11 is 12.4. The van der Waals surface area contributed by atoms with E-state index in [9.17, 15) is 18.0 Å². The van der Waals surface area contributed by atoms with E-state index in [1.165, 1.54) is 24.1 Å². The molecule has 0 spiro atoms. The van der Waals surface area contributed by atoms with E-state index in [0.717, 1.165) is 41.1 Å². The van der Waals surface area contributed by atoms with Crippen LogP contribution in [0.3, 0.4) is 0 Å². The first-order valence-electron chi connectivity index (χ1n) is 14.2. The third kappa shape index (κ3) is 7.82. The molecule has 1 fully saturated rings. The Balaban J connectivity index is 1.75. The number of carbonyl (C=O) groups is 2. The molecule has 2 amide bonds. The number of halogens is 2. The minimum absolute atomic E-state index is 0.0122. The summed E-state index contributed by atoms with van der Waals surface area (Å²) in [5, 5.41) is 3.73. The maximum Gasteiger partial charge on any atom is 0.264 e. The van der Waals surface area contributed by atoms with Gasteiger partial charge >= 0.3 is 0 Å². The van der Waals surface area contributed by atoms with Gasteiger partial charge in [-0.2, -0.15) is 0 Å². The summed E-state index contributed by atoms with van der Waals surface area (Å²) in [6.45, 7) is 4.77. The lowest BCUT2D eigenvalue weighted by molar-refractivity contribution is -0.139. The molecular formula is C32H37Cl2N3O5S. The molecule has 0 aliphatic heterocycles. The molecule has 1 N–H and O–H groups in total. The zero-order valence-corrected chi connectivity index (χ0v) is 27.1. The lowest BCUT2D eigenvalue weighted by Crippen LogP contribution is -2.52. The second-order valence-corrected chi connectivity index (χ2v) is 13.6. The SMILES string of the molecule is COc1ccc(C)cc1N(CC(=O)N(Cc1ccc(Cl)c(Cl)c1)[C@@H](C)C(=O)NC1CCCC1)S(=O)(=O)c1ccc(C)cc1. The predicted molar refractivity (Wildman–Crippen MR) is 170 cm³/mol. The second-order valence-electron chi connectivity index (χ2n) is 10.9. The summed E-state index contributed by atoms with van der Waals surface area (Å²) < 4.78 is 34.9. The highest BCUT2D eigenvalue weighted by Gasteiger charge is 2.34. The van der Waals surface area contributed by atoms with Gasteiger partial charge in [-0.1, -0.05) is 65.9 Å². The van der Waals surface area contributed by atoms with E-state index in [0.29, 0.717) is 15.6 Å². The van der Waals surface area contributed by atoms with Crippen molar-refractivity contribution in [2.45, 2.75) is 70.0 Å². The molecule has 0 heterocycles. The standard InChI is InChI=1S/C32H37Cl2N3O5S/c1-21-9-13-26(14-10-21)43(40,41)37(29-17-22(2)11-16-30(29)42-4)20-31(38)36(19-24-12-15-27(33)28(34)18-24)23(3)32(39)35-25-7-5-6-8-25/h9-18,23,25H,5-8,19-20H2,1-4H3,(H,35,39)/t23-/m0/s1. The average Bonchev–Trinajstić information content (AvgIpc) is 3.49. The third-order valence-electron chi connectivity index (χ3n) is 7.70. The van der Waals surface area contributed by atoms with Gasteiger partial charge in [-0.25, -0.2) is 8.42 Å². The number of hydrogen-bond acceptors (Lipinski definition) is 5. The first kappa shape index (κ1) is 32.6. The van der Waals surface area contributed by atoms with E-state index < -0.39 is 28.5 Å². The number of hydrogen-bond donors (Lipinski definition) is 1. The van der Waals surface area contributed by atoms with Crippen molar-refractivity contribution in [3.8, 4) is 5.75 Å². The lowest BCUT2D eigenvalue weighted by atomic mass is 10.1. The van der Waals surface area contributed by atoms with Crippen molar-refractivity contribution in [2.24, 2.45) is 0 Å². The Morgan fingerprint density at radius 3 is 2.23 bits per heavy atom. The van der Waals surface area contributed by atoms with Gasteiger partial charge in [0, 0.05) is 12.6 Å². The zero-order valence-electron chi connectivity index (χ0n) is 24.8. The van der Waals surface area contributed by atoms with Gasteiger partial charge in [0.05, 0.1) is 27.7 Å². The Bertz CT molecular complexity index is 1570. The number of nitrogens with one attached hydrogen (secondary N) is 1. The van der Waals surface area contributed by atoms with Crippen LogP contribution in [-0.4, -0.2) is 50.9 Å². The first-order chi connectivity index (χ1) is 20.4. The van der Waals surface area contributed by atoms with Gasteiger partial charge in [0.2, 0.25) is 11.8 Å². The van der Waals surface area contributed by atoms with Crippen LogP contribution in [0.1, 0.15) is 49.3 Å². The molecule has 1 aliphatic rings. The van der Waals surface area contributed by atoms with Crippen molar-refractivity contribution < 1.29 is 22.7 Å².